The number of nitrogens with one attached hydrogen (secondary N) is 2. The summed E-state index contributed by atoms with van der Waals surface area (Å²) in [7, 11) is 0. The fourth-order valence-electron chi connectivity index (χ4n) is 4.04. The van der Waals surface area contributed by atoms with Gasteiger partial charge in [-0.25, -0.2) is 9.78 Å². The summed E-state index contributed by atoms with van der Waals surface area (Å²) >= 11 is 0. The third kappa shape index (κ3) is 4.34. The molecule has 0 spiro atoms. The number of H-pyrrole nitrogens is 1. The standard InChI is InChI=1S/C20H33N5O2/c1-4-6-12-25-18-17(19(26)23-20(25)27)24(11-5-2)16(22-18)13-21-15-9-7-14(3)8-10-15/h14-15,21H,4-13H2,1-3H3,(H,23,26,27). The predicted octanol–water partition coefficient (Wildman–Crippen LogP) is 2.76. The van der Waals surface area contributed by atoms with Gasteiger partial charge in [0.1, 0.15) is 5.82 Å². The van der Waals surface area contributed by atoms with E-state index < -0.39 is 0 Å². The van der Waals surface area contributed by atoms with E-state index in [0.29, 0.717) is 30.3 Å². The maximum atomic E-state index is 12.5. The van der Waals surface area contributed by atoms with Crippen molar-refractivity contribution in [3.8, 4) is 0 Å². The lowest BCUT2D eigenvalue weighted by atomic mass is 9.87. The summed E-state index contributed by atoms with van der Waals surface area (Å²) < 4.78 is 3.62. The first kappa shape index (κ1) is 19.9. The van der Waals surface area contributed by atoms with Crippen molar-refractivity contribution in [2.75, 3.05) is 0 Å². The van der Waals surface area contributed by atoms with E-state index in [0.717, 1.165) is 37.5 Å². The molecule has 0 aliphatic heterocycles. The molecule has 2 heterocycles. The molecule has 1 aliphatic carbocycles. The summed E-state index contributed by atoms with van der Waals surface area (Å²) in [6.07, 6.45) is 7.69. The first-order chi connectivity index (χ1) is 13.0. The average molecular weight is 376 g/mol. The summed E-state index contributed by atoms with van der Waals surface area (Å²) in [6, 6.07) is 0.511. The van der Waals surface area contributed by atoms with Crippen molar-refractivity contribution in [3.63, 3.8) is 0 Å². The Labute approximate surface area is 160 Å². The topological polar surface area (TPSA) is 84.7 Å². The third-order valence-electron chi connectivity index (χ3n) is 5.71. The van der Waals surface area contributed by atoms with Gasteiger partial charge in [-0.1, -0.05) is 27.2 Å². The van der Waals surface area contributed by atoms with Crippen LogP contribution in [0.4, 0.5) is 0 Å². The summed E-state index contributed by atoms with van der Waals surface area (Å²) in [6.45, 7) is 8.44. The van der Waals surface area contributed by atoms with Crippen LogP contribution in [0, 0.1) is 5.92 Å². The summed E-state index contributed by atoms with van der Waals surface area (Å²) in [5.74, 6) is 1.67. The number of aromatic amines is 1. The highest BCUT2D eigenvalue weighted by Crippen LogP contribution is 2.23. The molecule has 0 radical (unpaired) electrons. The van der Waals surface area contributed by atoms with Crippen LogP contribution in [0.3, 0.4) is 0 Å². The van der Waals surface area contributed by atoms with E-state index in [1.54, 1.807) is 4.57 Å². The molecule has 2 aromatic rings. The molecule has 0 amide bonds. The molecular formula is C20H33N5O2. The molecule has 0 aromatic carbocycles. The van der Waals surface area contributed by atoms with E-state index in [9.17, 15) is 9.59 Å². The fourth-order valence-corrected chi connectivity index (χ4v) is 4.04. The van der Waals surface area contributed by atoms with Gasteiger partial charge in [0.2, 0.25) is 0 Å². The SMILES string of the molecule is CCCCn1c(=O)[nH]c(=O)c2c1nc(CNC1CCC(C)CC1)n2CCC. The number of hydrogen-bond acceptors (Lipinski definition) is 4. The van der Waals surface area contributed by atoms with Crippen molar-refractivity contribution in [2.45, 2.75) is 91.4 Å². The molecule has 1 aliphatic rings. The van der Waals surface area contributed by atoms with Gasteiger partial charge in [-0.2, -0.15) is 0 Å². The minimum atomic E-state index is -0.358. The molecular weight excluding hydrogens is 342 g/mol. The second-order valence-electron chi connectivity index (χ2n) is 7.95. The monoisotopic (exact) mass is 375 g/mol. The number of unbranched alkanes of at least 4 members (excludes halogenated alkanes) is 1. The molecule has 0 saturated heterocycles. The second-order valence-corrected chi connectivity index (χ2v) is 7.95. The molecule has 0 atom stereocenters. The minimum absolute atomic E-state index is 0.332. The number of nitrogens with zero attached hydrogens (tertiary/aromatic N) is 3. The Bertz CT molecular complexity index is 871. The van der Waals surface area contributed by atoms with Crippen LogP contribution >= 0.6 is 0 Å². The van der Waals surface area contributed by atoms with Gasteiger partial charge in [0.15, 0.2) is 11.2 Å². The van der Waals surface area contributed by atoms with Gasteiger partial charge in [-0.3, -0.25) is 14.3 Å². The number of aryl methyl sites for hydroxylation is 2. The summed E-state index contributed by atoms with van der Waals surface area (Å²) in [5, 5.41) is 3.63. The van der Waals surface area contributed by atoms with Gasteiger partial charge in [0, 0.05) is 19.1 Å². The predicted molar refractivity (Wildman–Crippen MR) is 108 cm³/mol. The van der Waals surface area contributed by atoms with E-state index in [1.807, 2.05) is 4.57 Å². The van der Waals surface area contributed by atoms with Crippen LogP contribution in [0.15, 0.2) is 9.59 Å². The van der Waals surface area contributed by atoms with Gasteiger partial charge >= 0.3 is 5.69 Å². The highest BCUT2D eigenvalue weighted by atomic mass is 16.2. The quantitative estimate of drug-likeness (QED) is 0.743. The minimum Gasteiger partial charge on any atom is -0.321 e. The molecule has 2 aromatic heterocycles. The Morgan fingerprint density at radius 1 is 1.07 bits per heavy atom. The van der Waals surface area contributed by atoms with E-state index in [-0.39, 0.29) is 11.2 Å². The van der Waals surface area contributed by atoms with Crippen molar-refractivity contribution in [1.29, 1.82) is 0 Å². The Hall–Kier alpha value is -1.89. The first-order valence-corrected chi connectivity index (χ1v) is 10.5. The fraction of sp³-hybridized carbons (Fsp3) is 0.750. The molecule has 7 nitrogen and oxygen atoms in total. The highest BCUT2D eigenvalue weighted by molar-refractivity contribution is 5.71. The second kappa shape index (κ2) is 8.87. The van der Waals surface area contributed by atoms with Gasteiger partial charge in [-0.05, 0) is 44.4 Å². The number of rotatable bonds is 8. The lowest BCUT2D eigenvalue weighted by Crippen LogP contribution is -2.33. The van der Waals surface area contributed by atoms with Gasteiger partial charge < -0.3 is 9.88 Å². The van der Waals surface area contributed by atoms with Crippen molar-refractivity contribution >= 4 is 11.2 Å². The van der Waals surface area contributed by atoms with Crippen LogP contribution in [0.25, 0.3) is 11.2 Å². The van der Waals surface area contributed by atoms with Crippen LogP contribution in [0.5, 0.6) is 0 Å². The maximum absolute atomic E-state index is 12.5. The largest absolute Gasteiger partial charge is 0.330 e. The molecule has 0 bridgehead atoms. The first-order valence-electron chi connectivity index (χ1n) is 10.5. The summed E-state index contributed by atoms with van der Waals surface area (Å²) in [4.78, 5) is 32.1. The highest BCUT2D eigenvalue weighted by Gasteiger charge is 2.21. The molecule has 1 saturated carbocycles. The van der Waals surface area contributed by atoms with Gasteiger partial charge in [-0.15, -0.1) is 0 Å². The zero-order valence-electron chi connectivity index (χ0n) is 16.9. The van der Waals surface area contributed by atoms with E-state index in [2.05, 4.69) is 31.1 Å². The number of hydrogen-bond donors (Lipinski definition) is 2. The Kier molecular flexibility index (Phi) is 6.52. The van der Waals surface area contributed by atoms with Gasteiger partial charge in [0.05, 0.1) is 6.54 Å². The number of fused-ring (bicyclic) bond motifs is 1. The van der Waals surface area contributed by atoms with Crippen LogP contribution in [0.2, 0.25) is 0 Å². The van der Waals surface area contributed by atoms with Gasteiger partial charge in [0.25, 0.3) is 5.56 Å². The molecule has 1 fully saturated rings. The van der Waals surface area contributed by atoms with Crippen molar-refractivity contribution in [1.82, 2.24) is 24.4 Å². The summed E-state index contributed by atoms with van der Waals surface area (Å²) in [5.41, 5.74) is 0.366. The molecule has 7 heteroatoms. The Balaban J connectivity index is 1.94. The maximum Gasteiger partial charge on any atom is 0.330 e. The lowest BCUT2D eigenvalue weighted by Gasteiger charge is -2.27. The van der Waals surface area contributed by atoms with Crippen molar-refractivity contribution in [3.05, 3.63) is 26.7 Å². The zero-order valence-corrected chi connectivity index (χ0v) is 16.9. The Morgan fingerprint density at radius 2 is 1.81 bits per heavy atom. The van der Waals surface area contributed by atoms with Crippen LogP contribution in [0.1, 0.15) is 71.5 Å². The zero-order chi connectivity index (χ0) is 19.4. The van der Waals surface area contributed by atoms with Crippen molar-refractivity contribution in [2.24, 2.45) is 5.92 Å². The number of imidazole rings is 1. The molecule has 150 valence electrons. The normalized spacial score (nSPS) is 20.4. The van der Waals surface area contributed by atoms with E-state index >= 15 is 0 Å². The average Bonchev–Trinajstić information content (AvgIpc) is 3.00. The Morgan fingerprint density at radius 3 is 2.48 bits per heavy atom. The van der Waals surface area contributed by atoms with Crippen molar-refractivity contribution < 1.29 is 0 Å². The smallest absolute Gasteiger partial charge is 0.321 e. The van der Waals surface area contributed by atoms with E-state index in [4.69, 9.17) is 4.98 Å². The van der Waals surface area contributed by atoms with E-state index in [1.165, 1.54) is 25.7 Å². The third-order valence-corrected chi connectivity index (χ3v) is 5.71. The molecule has 0 unspecified atom stereocenters. The molecule has 2 N–H and O–H groups in total. The van der Waals surface area contributed by atoms with Crippen LogP contribution < -0.4 is 16.6 Å². The molecule has 27 heavy (non-hydrogen) atoms. The molecule has 3 rings (SSSR count). The lowest BCUT2D eigenvalue weighted by molar-refractivity contribution is 0.304. The van der Waals surface area contributed by atoms with Crippen LogP contribution in [-0.4, -0.2) is 25.1 Å². The number of aromatic nitrogens is 4. The van der Waals surface area contributed by atoms with Crippen LogP contribution in [-0.2, 0) is 19.6 Å².